The van der Waals surface area contributed by atoms with Crippen molar-refractivity contribution in [1.82, 2.24) is 20.2 Å². The molecule has 0 aliphatic carbocycles. The van der Waals surface area contributed by atoms with Crippen LogP contribution in [0.1, 0.15) is 18.1 Å². The Balaban J connectivity index is 1.45. The van der Waals surface area contributed by atoms with Gasteiger partial charge in [0.05, 0.1) is 12.0 Å². The lowest BCUT2D eigenvalue weighted by Crippen LogP contribution is -2.20. The predicted octanol–water partition coefficient (Wildman–Crippen LogP) is 5.54. The van der Waals surface area contributed by atoms with Crippen LogP contribution >= 0.6 is 11.8 Å². The number of allylic oxidation sites excluding steroid dienone is 1. The molecule has 3 aromatic carbocycles. The maximum Gasteiger partial charge on any atom is 0.250 e. The molecule has 4 aromatic rings. The average molecular weight is 468 g/mol. The molecule has 1 heterocycles. The lowest BCUT2D eigenvalue weighted by atomic mass is 10.1. The van der Waals surface area contributed by atoms with Crippen molar-refractivity contribution in [3.05, 3.63) is 102 Å². The standard InChI is InChI=1S/C27H25N5OS/c1-20-13-15-23(16-14-20)26-30-31-27(32(26)24-11-7-4-8-12-24)34-19-25(33)29-28-18-21(2)17-22-9-5-3-6-10-22/h3-18H,19H2,1-2H3,(H,29,33)/b21-17+,28-18+. The summed E-state index contributed by atoms with van der Waals surface area (Å²) in [7, 11) is 0. The molecule has 7 heteroatoms. The minimum atomic E-state index is -0.215. The fourth-order valence-electron chi connectivity index (χ4n) is 3.28. The predicted molar refractivity (Wildman–Crippen MR) is 139 cm³/mol. The number of thioether (sulfide) groups is 1. The van der Waals surface area contributed by atoms with E-state index in [0.29, 0.717) is 5.16 Å². The second-order valence-electron chi connectivity index (χ2n) is 7.72. The molecule has 0 fully saturated rings. The largest absolute Gasteiger partial charge is 0.272 e. The summed E-state index contributed by atoms with van der Waals surface area (Å²) in [6.07, 6.45) is 3.64. The summed E-state index contributed by atoms with van der Waals surface area (Å²) in [5.41, 5.74) is 7.68. The van der Waals surface area contributed by atoms with Crippen molar-refractivity contribution in [2.75, 3.05) is 5.75 Å². The molecule has 1 N–H and O–H groups in total. The van der Waals surface area contributed by atoms with Crippen molar-refractivity contribution in [1.29, 1.82) is 0 Å². The Morgan fingerprint density at radius 1 is 0.971 bits per heavy atom. The van der Waals surface area contributed by atoms with Crippen molar-refractivity contribution >= 4 is 30.0 Å². The number of hydrogen-bond acceptors (Lipinski definition) is 5. The molecule has 34 heavy (non-hydrogen) atoms. The second-order valence-corrected chi connectivity index (χ2v) is 8.67. The van der Waals surface area contributed by atoms with E-state index in [9.17, 15) is 4.79 Å². The molecule has 6 nitrogen and oxygen atoms in total. The molecule has 0 bridgehead atoms. The summed E-state index contributed by atoms with van der Waals surface area (Å²) in [5, 5.41) is 13.5. The number of hydrogen-bond donors (Lipinski definition) is 1. The summed E-state index contributed by atoms with van der Waals surface area (Å²) in [5.74, 6) is 0.680. The number of nitrogens with one attached hydrogen (secondary N) is 1. The molecular formula is C27H25N5OS. The highest BCUT2D eigenvalue weighted by Gasteiger charge is 2.17. The molecule has 0 aliphatic heterocycles. The minimum Gasteiger partial charge on any atom is -0.272 e. The van der Waals surface area contributed by atoms with Crippen LogP contribution < -0.4 is 5.43 Å². The smallest absolute Gasteiger partial charge is 0.250 e. The van der Waals surface area contributed by atoms with Gasteiger partial charge in [-0.1, -0.05) is 96.2 Å². The molecular weight excluding hydrogens is 442 g/mol. The van der Waals surface area contributed by atoms with Gasteiger partial charge in [-0.05, 0) is 37.1 Å². The zero-order valence-electron chi connectivity index (χ0n) is 19.1. The highest BCUT2D eigenvalue weighted by Crippen LogP contribution is 2.28. The monoisotopic (exact) mass is 467 g/mol. The Hall–Kier alpha value is -3.97. The van der Waals surface area contributed by atoms with E-state index < -0.39 is 0 Å². The Morgan fingerprint density at radius 3 is 2.35 bits per heavy atom. The maximum atomic E-state index is 12.4. The lowest BCUT2D eigenvalue weighted by molar-refractivity contribution is -0.118. The van der Waals surface area contributed by atoms with E-state index >= 15 is 0 Å². The van der Waals surface area contributed by atoms with Gasteiger partial charge in [0.15, 0.2) is 11.0 Å². The van der Waals surface area contributed by atoms with Gasteiger partial charge < -0.3 is 0 Å². The maximum absolute atomic E-state index is 12.4. The van der Waals surface area contributed by atoms with E-state index in [-0.39, 0.29) is 11.7 Å². The summed E-state index contributed by atoms with van der Waals surface area (Å²) in [4.78, 5) is 12.4. The fourth-order valence-corrected chi connectivity index (χ4v) is 4.03. The topological polar surface area (TPSA) is 72.2 Å². The molecule has 1 amide bonds. The molecule has 0 unspecified atom stereocenters. The van der Waals surface area contributed by atoms with E-state index in [2.05, 4.69) is 20.7 Å². The van der Waals surface area contributed by atoms with Gasteiger partial charge in [0.2, 0.25) is 0 Å². The average Bonchev–Trinajstić information content (AvgIpc) is 3.28. The SMILES string of the molecule is CC(/C=N/NC(=O)CSc1nnc(-c2ccc(C)cc2)n1-c1ccccc1)=C\c1ccccc1. The third kappa shape index (κ3) is 6.08. The van der Waals surface area contributed by atoms with Crippen molar-refractivity contribution in [3.8, 4) is 17.1 Å². The Labute approximate surface area is 203 Å². The zero-order valence-corrected chi connectivity index (χ0v) is 19.9. The van der Waals surface area contributed by atoms with Gasteiger partial charge in [0, 0.05) is 11.3 Å². The molecule has 0 saturated heterocycles. The zero-order chi connectivity index (χ0) is 23.8. The van der Waals surface area contributed by atoms with Crippen LogP contribution in [0.2, 0.25) is 0 Å². The number of carbonyl (C=O) groups is 1. The van der Waals surface area contributed by atoms with Gasteiger partial charge in [-0.2, -0.15) is 5.10 Å². The molecule has 0 saturated carbocycles. The summed E-state index contributed by atoms with van der Waals surface area (Å²) < 4.78 is 1.97. The molecule has 0 aliphatic rings. The quantitative estimate of drug-likeness (QED) is 0.210. The molecule has 0 radical (unpaired) electrons. The van der Waals surface area contributed by atoms with Crippen LogP contribution in [-0.2, 0) is 4.79 Å². The highest BCUT2D eigenvalue weighted by atomic mass is 32.2. The number of amides is 1. The van der Waals surface area contributed by atoms with Gasteiger partial charge in [0.1, 0.15) is 0 Å². The number of para-hydroxylation sites is 1. The molecule has 170 valence electrons. The Kier molecular flexibility index (Phi) is 7.67. The third-order valence-electron chi connectivity index (χ3n) is 4.94. The minimum absolute atomic E-state index is 0.164. The number of rotatable bonds is 8. The van der Waals surface area contributed by atoms with Crippen LogP contribution in [0.3, 0.4) is 0 Å². The number of benzene rings is 3. The van der Waals surface area contributed by atoms with Gasteiger partial charge in [-0.15, -0.1) is 10.2 Å². The van der Waals surface area contributed by atoms with Crippen molar-refractivity contribution in [3.63, 3.8) is 0 Å². The van der Waals surface area contributed by atoms with E-state index in [1.165, 1.54) is 17.3 Å². The lowest BCUT2D eigenvalue weighted by Gasteiger charge is -2.10. The first-order valence-corrected chi connectivity index (χ1v) is 11.8. The molecule has 4 rings (SSSR count). The van der Waals surface area contributed by atoms with E-state index in [4.69, 9.17) is 0 Å². The van der Waals surface area contributed by atoms with Crippen LogP contribution in [0.25, 0.3) is 23.2 Å². The van der Waals surface area contributed by atoms with Gasteiger partial charge >= 0.3 is 0 Å². The summed E-state index contributed by atoms with van der Waals surface area (Å²) >= 11 is 1.32. The van der Waals surface area contributed by atoms with Crippen molar-refractivity contribution in [2.45, 2.75) is 19.0 Å². The number of aromatic nitrogens is 3. The van der Waals surface area contributed by atoms with Crippen LogP contribution in [0.5, 0.6) is 0 Å². The first-order valence-electron chi connectivity index (χ1n) is 10.9. The van der Waals surface area contributed by atoms with Crippen LogP contribution in [0.15, 0.2) is 101 Å². The van der Waals surface area contributed by atoms with Crippen LogP contribution in [0, 0.1) is 6.92 Å². The number of aryl methyl sites for hydroxylation is 1. The van der Waals surface area contributed by atoms with Crippen LogP contribution in [0.4, 0.5) is 0 Å². The molecule has 1 aromatic heterocycles. The second kappa shape index (κ2) is 11.2. The third-order valence-corrected chi connectivity index (χ3v) is 5.87. The summed E-state index contributed by atoms with van der Waals surface area (Å²) in [6.45, 7) is 3.99. The van der Waals surface area contributed by atoms with Gasteiger partial charge in [0.25, 0.3) is 5.91 Å². The van der Waals surface area contributed by atoms with E-state index in [0.717, 1.165) is 28.2 Å². The number of hydrazone groups is 1. The van der Waals surface area contributed by atoms with E-state index in [1.54, 1.807) is 6.21 Å². The van der Waals surface area contributed by atoms with Crippen molar-refractivity contribution < 1.29 is 4.79 Å². The molecule has 0 spiro atoms. The van der Waals surface area contributed by atoms with Gasteiger partial charge in [-0.25, -0.2) is 5.43 Å². The Morgan fingerprint density at radius 2 is 1.65 bits per heavy atom. The fraction of sp³-hybridized carbons (Fsp3) is 0.111. The highest BCUT2D eigenvalue weighted by molar-refractivity contribution is 7.99. The first-order chi connectivity index (χ1) is 16.6. The molecule has 0 atom stereocenters. The normalized spacial score (nSPS) is 11.6. The van der Waals surface area contributed by atoms with Crippen LogP contribution in [-0.4, -0.2) is 32.6 Å². The number of carbonyl (C=O) groups excluding carboxylic acids is 1. The van der Waals surface area contributed by atoms with Crippen molar-refractivity contribution in [2.24, 2.45) is 5.10 Å². The van der Waals surface area contributed by atoms with E-state index in [1.807, 2.05) is 109 Å². The number of nitrogens with zero attached hydrogens (tertiary/aromatic N) is 4. The Bertz CT molecular complexity index is 1300. The first kappa shape index (κ1) is 23.2. The van der Waals surface area contributed by atoms with Gasteiger partial charge in [-0.3, -0.25) is 9.36 Å². The summed E-state index contributed by atoms with van der Waals surface area (Å²) in [6, 6.07) is 28.0.